The Balaban J connectivity index is 1.27. The second-order valence-electron chi connectivity index (χ2n) is 7.55. The van der Waals surface area contributed by atoms with Crippen molar-refractivity contribution < 1.29 is 19.1 Å². The molecule has 0 bridgehead atoms. The van der Waals surface area contributed by atoms with E-state index in [1.54, 1.807) is 55.6 Å². The largest absolute Gasteiger partial charge is 0.497 e. The van der Waals surface area contributed by atoms with E-state index in [4.69, 9.17) is 9.47 Å². The van der Waals surface area contributed by atoms with Crippen molar-refractivity contribution in [3.05, 3.63) is 89.5 Å². The van der Waals surface area contributed by atoms with Crippen LogP contribution in [0.25, 0.3) is 11.4 Å². The molecular weight excluding hydrogens is 434 g/mol. The van der Waals surface area contributed by atoms with Crippen molar-refractivity contribution in [1.82, 2.24) is 20.2 Å². The van der Waals surface area contributed by atoms with E-state index in [-0.39, 0.29) is 19.1 Å². The number of ether oxygens (including phenoxy) is 2. The third kappa shape index (κ3) is 5.83. The highest BCUT2D eigenvalue weighted by molar-refractivity contribution is 6.04. The van der Waals surface area contributed by atoms with Crippen LogP contribution in [-0.4, -0.2) is 39.2 Å². The van der Waals surface area contributed by atoms with Crippen molar-refractivity contribution >= 4 is 17.6 Å². The fourth-order valence-corrected chi connectivity index (χ4v) is 3.08. The van der Waals surface area contributed by atoms with Crippen molar-refractivity contribution in [1.29, 1.82) is 0 Å². The Morgan fingerprint density at radius 2 is 1.65 bits per heavy atom. The molecular formula is C25H23N5O4. The second-order valence-corrected chi connectivity index (χ2v) is 7.55. The van der Waals surface area contributed by atoms with Crippen LogP contribution in [0.5, 0.6) is 5.75 Å². The Morgan fingerprint density at radius 1 is 0.941 bits per heavy atom. The molecule has 0 saturated heterocycles. The van der Waals surface area contributed by atoms with Gasteiger partial charge in [0.25, 0.3) is 5.91 Å². The fourth-order valence-electron chi connectivity index (χ4n) is 3.08. The first-order chi connectivity index (χ1) is 16.5. The number of esters is 1. The molecule has 1 aromatic heterocycles. The summed E-state index contributed by atoms with van der Waals surface area (Å²) in [6, 6.07) is 21.6. The van der Waals surface area contributed by atoms with E-state index in [9.17, 15) is 9.59 Å². The predicted octanol–water partition coefficient (Wildman–Crippen LogP) is 3.65. The van der Waals surface area contributed by atoms with Gasteiger partial charge in [-0.05, 0) is 54.1 Å². The Kier molecular flexibility index (Phi) is 6.92. The lowest BCUT2D eigenvalue weighted by molar-refractivity contribution is -0.146. The Morgan fingerprint density at radius 3 is 2.32 bits per heavy atom. The van der Waals surface area contributed by atoms with E-state index in [1.807, 2.05) is 31.2 Å². The molecule has 9 heteroatoms. The number of carbonyl (C=O) groups excluding carboxylic acids is 2. The number of anilines is 1. The minimum absolute atomic E-state index is 0.0682. The smallest absolute Gasteiger partial charge is 0.330 e. The summed E-state index contributed by atoms with van der Waals surface area (Å²) in [6.07, 6.45) is 0. The van der Waals surface area contributed by atoms with Crippen LogP contribution in [-0.2, 0) is 22.7 Å². The number of hydrogen-bond acceptors (Lipinski definition) is 7. The van der Waals surface area contributed by atoms with Gasteiger partial charge in [0.1, 0.15) is 12.4 Å². The standard InChI is InChI=1S/C25H23N5O4/c1-17-3-7-19(8-4-17)24-27-29-30(28-24)15-23(31)34-16-18-5-9-20(10-6-18)25(32)26-21-11-13-22(33-2)14-12-21/h3-14H,15-16H2,1-2H3,(H,26,32). The summed E-state index contributed by atoms with van der Waals surface area (Å²) < 4.78 is 10.4. The topological polar surface area (TPSA) is 108 Å². The summed E-state index contributed by atoms with van der Waals surface area (Å²) >= 11 is 0. The van der Waals surface area contributed by atoms with Crippen LogP contribution in [0.3, 0.4) is 0 Å². The second kappa shape index (κ2) is 10.4. The molecule has 3 aromatic carbocycles. The summed E-state index contributed by atoms with van der Waals surface area (Å²) in [5.74, 6) is 0.420. The molecule has 0 unspecified atom stereocenters. The minimum Gasteiger partial charge on any atom is -0.497 e. The summed E-state index contributed by atoms with van der Waals surface area (Å²) in [6.45, 7) is 1.91. The van der Waals surface area contributed by atoms with E-state index in [2.05, 4.69) is 20.7 Å². The molecule has 0 atom stereocenters. The summed E-state index contributed by atoms with van der Waals surface area (Å²) in [5.41, 5.74) is 3.85. The number of carbonyl (C=O) groups is 2. The van der Waals surface area contributed by atoms with E-state index < -0.39 is 5.97 Å². The van der Waals surface area contributed by atoms with E-state index in [1.165, 1.54) is 4.80 Å². The average molecular weight is 457 g/mol. The van der Waals surface area contributed by atoms with E-state index >= 15 is 0 Å². The number of hydrogen-bond donors (Lipinski definition) is 1. The molecule has 0 saturated carbocycles. The number of aromatic nitrogens is 4. The fraction of sp³-hybridized carbons (Fsp3) is 0.160. The highest BCUT2D eigenvalue weighted by atomic mass is 16.5. The third-order valence-electron chi connectivity index (χ3n) is 5.00. The molecule has 1 N–H and O–H groups in total. The van der Waals surface area contributed by atoms with Gasteiger partial charge in [0, 0.05) is 16.8 Å². The van der Waals surface area contributed by atoms with Gasteiger partial charge in [0.2, 0.25) is 5.82 Å². The van der Waals surface area contributed by atoms with Crippen LogP contribution in [0.15, 0.2) is 72.8 Å². The number of aryl methyl sites for hydroxylation is 1. The zero-order chi connectivity index (χ0) is 23.9. The summed E-state index contributed by atoms with van der Waals surface area (Å²) in [5, 5.41) is 14.9. The molecule has 0 aliphatic rings. The lowest BCUT2D eigenvalue weighted by Crippen LogP contribution is -2.16. The number of tetrazole rings is 1. The SMILES string of the molecule is COc1ccc(NC(=O)c2ccc(COC(=O)Cn3nnc(-c4ccc(C)cc4)n3)cc2)cc1. The molecule has 0 radical (unpaired) electrons. The van der Waals surface area contributed by atoms with Crippen molar-refractivity contribution in [2.24, 2.45) is 0 Å². The monoisotopic (exact) mass is 457 g/mol. The van der Waals surface area contributed by atoms with Crippen molar-refractivity contribution in [3.63, 3.8) is 0 Å². The van der Waals surface area contributed by atoms with Crippen molar-refractivity contribution in [2.45, 2.75) is 20.1 Å². The third-order valence-corrected chi connectivity index (χ3v) is 5.00. The van der Waals surface area contributed by atoms with Gasteiger partial charge < -0.3 is 14.8 Å². The van der Waals surface area contributed by atoms with Crippen LogP contribution in [0.4, 0.5) is 5.69 Å². The number of nitrogens with zero attached hydrogens (tertiary/aromatic N) is 4. The van der Waals surface area contributed by atoms with Crippen molar-refractivity contribution in [2.75, 3.05) is 12.4 Å². The molecule has 0 spiro atoms. The molecule has 4 rings (SSSR count). The normalized spacial score (nSPS) is 10.5. The molecule has 4 aromatic rings. The van der Waals surface area contributed by atoms with Gasteiger partial charge in [0.05, 0.1) is 7.11 Å². The Labute approximate surface area is 196 Å². The maximum absolute atomic E-state index is 12.4. The van der Waals surface area contributed by atoms with Gasteiger partial charge in [0.15, 0.2) is 6.54 Å². The average Bonchev–Trinajstić information content (AvgIpc) is 3.32. The van der Waals surface area contributed by atoms with Crippen LogP contribution in [0, 0.1) is 6.92 Å². The van der Waals surface area contributed by atoms with Gasteiger partial charge in [-0.2, -0.15) is 4.80 Å². The van der Waals surface area contributed by atoms with Gasteiger partial charge in [-0.1, -0.05) is 42.0 Å². The Bertz CT molecular complexity index is 1270. The molecule has 0 aliphatic heterocycles. The van der Waals surface area contributed by atoms with Gasteiger partial charge >= 0.3 is 5.97 Å². The number of benzene rings is 3. The first kappa shape index (κ1) is 22.7. The first-order valence-corrected chi connectivity index (χ1v) is 10.5. The molecule has 0 aliphatic carbocycles. The lowest BCUT2D eigenvalue weighted by atomic mass is 10.1. The van der Waals surface area contributed by atoms with Crippen LogP contribution in [0.1, 0.15) is 21.5 Å². The van der Waals surface area contributed by atoms with Crippen LogP contribution in [0.2, 0.25) is 0 Å². The lowest BCUT2D eigenvalue weighted by Gasteiger charge is -2.08. The van der Waals surface area contributed by atoms with Crippen LogP contribution < -0.4 is 10.1 Å². The quantitative estimate of drug-likeness (QED) is 0.402. The summed E-state index contributed by atoms with van der Waals surface area (Å²) in [4.78, 5) is 25.8. The zero-order valence-electron chi connectivity index (χ0n) is 18.8. The van der Waals surface area contributed by atoms with Gasteiger partial charge in [-0.25, -0.2) is 4.79 Å². The Hall–Kier alpha value is -4.53. The number of nitrogens with one attached hydrogen (secondary N) is 1. The highest BCUT2D eigenvalue weighted by Gasteiger charge is 2.11. The minimum atomic E-state index is -0.491. The molecule has 0 fully saturated rings. The van der Waals surface area contributed by atoms with Crippen LogP contribution >= 0.6 is 0 Å². The predicted molar refractivity (Wildman–Crippen MR) is 125 cm³/mol. The van der Waals surface area contributed by atoms with E-state index in [0.717, 1.165) is 16.7 Å². The zero-order valence-corrected chi connectivity index (χ0v) is 18.8. The number of methoxy groups -OCH3 is 1. The maximum Gasteiger partial charge on any atom is 0.330 e. The summed E-state index contributed by atoms with van der Waals surface area (Å²) in [7, 11) is 1.58. The van der Waals surface area contributed by atoms with Gasteiger partial charge in [-0.3, -0.25) is 4.79 Å². The van der Waals surface area contributed by atoms with Crippen molar-refractivity contribution in [3.8, 4) is 17.1 Å². The molecule has 1 amide bonds. The van der Waals surface area contributed by atoms with E-state index in [0.29, 0.717) is 22.8 Å². The highest BCUT2D eigenvalue weighted by Crippen LogP contribution is 2.17. The number of rotatable bonds is 8. The van der Waals surface area contributed by atoms with Gasteiger partial charge in [-0.15, -0.1) is 10.2 Å². The molecule has 34 heavy (non-hydrogen) atoms. The first-order valence-electron chi connectivity index (χ1n) is 10.5. The molecule has 172 valence electrons. The molecule has 9 nitrogen and oxygen atoms in total. The number of amides is 1. The maximum atomic E-state index is 12.4. The molecule has 1 heterocycles.